The van der Waals surface area contributed by atoms with Crippen LogP contribution >= 0.6 is 0 Å². The topological polar surface area (TPSA) is 57.5 Å². The van der Waals surface area contributed by atoms with Gasteiger partial charge in [0.2, 0.25) is 0 Å². The maximum absolute atomic E-state index is 10.6. The molecule has 0 saturated heterocycles. The van der Waals surface area contributed by atoms with Crippen LogP contribution in [0.4, 0.5) is 0 Å². The molecule has 0 aromatic heterocycles. The fourth-order valence-electron chi connectivity index (χ4n) is 2.25. The number of fused-ring (bicyclic) bond motifs is 1. The molecule has 2 aromatic carbocycles. The molecule has 2 N–H and O–H groups in total. The van der Waals surface area contributed by atoms with Crippen LogP contribution in [-0.4, -0.2) is 16.2 Å². The Morgan fingerprint density at radius 2 is 1.94 bits per heavy atom. The third-order valence-corrected chi connectivity index (χ3v) is 3.15. The largest absolute Gasteiger partial charge is 0.481 e. The second-order valence-electron chi connectivity index (χ2n) is 4.47. The highest BCUT2D eigenvalue weighted by atomic mass is 16.4. The summed E-state index contributed by atoms with van der Waals surface area (Å²) in [6, 6.07) is 11.8. The van der Waals surface area contributed by atoms with Gasteiger partial charge in [-0.05, 0) is 35.2 Å². The Morgan fingerprint density at radius 1 is 1.22 bits per heavy atom. The highest BCUT2D eigenvalue weighted by Gasteiger charge is 2.15. The van der Waals surface area contributed by atoms with Gasteiger partial charge in [-0.25, -0.2) is 0 Å². The predicted molar refractivity (Wildman–Crippen MR) is 70.5 cm³/mol. The van der Waals surface area contributed by atoms with Crippen LogP contribution in [0, 0.1) is 6.92 Å². The van der Waals surface area contributed by atoms with Crippen molar-refractivity contribution >= 4 is 16.7 Å². The average Bonchev–Trinajstić information content (AvgIpc) is 2.36. The average molecular weight is 244 g/mol. The van der Waals surface area contributed by atoms with Crippen LogP contribution in [0.3, 0.4) is 0 Å². The molecule has 18 heavy (non-hydrogen) atoms. The molecule has 94 valence electrons. The Hall–Kier alpha value is -1.87. The lowest BCUT2D eigenvalue weighted by atomic mass is 9.93. The SMILES string of the molecule is Cc1ccc2ccccc2c1C(O)CCC(=O)O. The van der Waals surface area contributed by atoms with E-state index < -0.39 is 12.1 Å². The number of carbonyl (C=O) groups is 1. The van der Waals surface area contributed by atoms with Crippen LogP contribution in [0.1, 0.15) is 30.1 Å². The van der Waals surface area contributed by atoms with E-state index in [1.807, 2.05) is 43.3 Å². The molecular weight excluding hydrogens is 228 g/mol. The summed E-state index contributed by atoms with van der Waals surface area (Å²) in [5, 5.41) is 20.9. The number of carboxylic acid groups (broad SMARTS) is 1. The molecule has 0 heterocycles. The number of hydrogen-bond donors (Lipinski definition) is 2. The lowest BCUT2D eigenvalue weighted by Gasteiger charge is -2.16. The number of aliphatic hydroxyl groups is 1. The first-order chi connectivity index (χ1) is 8.59. The maximum atomic E-state index is 10.6. The smallest absolute Gasteiger partial charge is 0.303 e. The third kappa shape index (κ3) is 2.51. The van der Waals surface area contributed by atoms with Crippen LogP contribution < -0.4 is 0 Å². The fraction of sp³-hybridized carbons (Fsp3) is 0.267. The van der Waals surface area contributed by atoms with E-state index >= 15 is 0 Å². The van der Waals surface area contributed by atoms with Crippen LogP contribution in [-0.2, 0) is 4.79 Å². The normalized spacial score (nSPS) is 12.6. The summed E-state index contributed by atoms with van der Waals surface area (Å²) in [5.74, 6) is -0.882. The standard InChI is InChI=1S/C15H16O3/c1-10-6-7-11-4-2-3-5-12(11)15(10)13(16)8-9-14(17)18/h2-7,13,16H,8-9H2,1H3,(H,17,18). The van der Waals surface area contributed by atoms with Gasteiger partial charge < -0.3 is 10.2 Å². The van der Waals surface area contributed by atoms with Gasteiger partial charge in [-0.2, -0.15) is 0 Å². The highest BCUT2D eigenvalue weighted by molar-refractivity contribution is 5.87. The zero-order valence-electron chi connectivity index (χ0n) is 10.3. The number of aryl methyl sites for hydroxylation is 1. The Kier molecular flexibility index (Phi) is 3.63. The first-order valence-corrected chi connectivity index (χ1v) is 5.97. The van der Waals surface area contributed by atoms with E-state index in [0.717, 1.165) is 21.9 Å². The molecule has 1 atom stereocenters. The summed E-state index contributed by atoms with van der Waals surface area (Å²) < 4.78 is 0. The quantitative estimate of drug-likeness (QED) is 0.869. The molecule has 0 radical (unpaired) electrons. The fourth-order valence-corrected chi connectivity index (χ4v) is 2.25. The molecular formula is C15H16O3. The van der Waals surface area contributed by atoms with Gasteiger partial charge in [-0.15, -0.1) is 0 Å². The van der Waals surface area contributed by atoms with Crippen LogP contribution in [0.15, 0.2) is 36.4 Å². The Balaban J connectivity index is 2.42. The molecule has 0 fully saturated rings. The summed E-state index contributed by atoms with van der Waals surface area (Å²) in [6.07, 6.45) is -0.513. The van der Waals surface area contributed by atoms with Gasteiger partial charge in [-0.3, -0.25) is 4.79 Å². The number of aliphatic carboxylic acids is 1. The summed E-state index contributed by atoms with van der Waals surface area (Å²) in [5.41, 5.74) is 1.83. The Morgan fingerprint density at radius 3 is 2.67 bits per heavy atom. The number of rotatable bonds is 4. The van der Waals surface area contributed by atoms with E-state index in [0.29, 0.717) is 0 Å². The molecule has 3 nitrogen and oxygen atoms in total. The minimum absolute atomic E-state index is 0.0240. The van der Waals surface area contributed by atoms with Crippen molar-refractivity contribution in [3.63, 3.8) is 0 Å². The van der Waals surface area contributed by atoms with E-state index in [-0.39, 0.29) is 12.8 Å². The molecule has 1 unspecified atom stereocenters. The summed E-state index contributed by atoms with van der Waals surface area (Å²) in [4.78, 5) is 10.6. The minimum Gasteiger partial charge on any atom is -0.481 e. The number of carboxylic acids is 1. The number of benzene rings is 2. The predicted octanol–water partition coefficient (Wildman–Crippen LogP) is 3.05. The molecule has 3 heteroatoms. The molecule has 0 amide bonds. The van der Waals surface area contributed by atoms with Crippen LogP contribution in [0.2, 0.25) is 0 Å². The minimum atomic E-state index is -0.882. The van der Waals surface area contributed by atoms with Gasteiger partial charge in [-0.1, -0.05) is 36.4 Å². The molecule has 0 aliphatic heterocycles. The van der Waals surface area contributed by atoms with Gasteiger partial charge in [0.25, 0.3) is 0 Å². The highest BCUT2D eigenvalue weighted by Crippen LogP contribution is 2.30. The van der Waals surface area contributed by atoms with Gasteiger partial charge in [0.05, 0.1) is 6.10 Å². The van der Waals surface area contributed by atoms with E-state index in [9.17, 15) is 9.90 Å². The van der Waals surface area contributed by atoms with Crippen molar-refractivity contribution < 1.29 is 15.0 Å². The van der Waals surface area contributed by atoms with Crippen molar-refractivity contribution in [1.29, 1.82) is 0 Å². The lowest BCUT2D eigenvalue weighted by molar-refractivity contribution is -0.137. The van der Waals surface area contributed by atoms with Crippen molar-refractivity contribution in [2.24, 2.45) is 0 Å². The van der Waals surface area contributed by atoms with Gasteiger partial charge in [0.15, 0.2) is 0 Å². The molecule has 0 spiro atoms. The molecule has 2 aromatic rings. The van der Waals surface area contributed by atoms with Crippen molar-refractivity contribution in [2.75, 3.05) is 0 Å². The zero-order valence-corrected chi connectivity index (χ0v) is 10.3. The van der Waals surface area contributed by atoms with E-state index in [1.54, 1.807) is 0 Å². The Bertz CT molecular complexity index is 575. The lowest BCUT2D eigenvalue weighted by Crippen LogP contribution is -2.04. The monoisotopic (exact) mass is 244 g/mol. The first kappa shape index (κ1) is 12.6. The second kappa shape index (κ2) is 5.19. The third-order valence-electron chi connectivity index (χ3n) is 3.15. The molecule has 2 rings (SSSR count). The van der Waals surface area contributed by atoms with Crippen LogP contribution in [0.25, 0.3) is 10.8 Å². The molecule has 0 aliphatic carbocycles. The number of aliphatic hydroxyl groups excluding tert-OH is 1. The van der Waals surface area contributed by atoms with Crippen molar-refractivity contribution in [1.82, 2.24) is 0 Å². The second-order valence-corrected chi connectivity index (χ2v) is 4.47. The maximum Gasteiger partial charge on any atom is 0.303 e. The first-order valence-electron chi connectivity index (χ1n) is 5.97. The van der Waals surface area contributed by atoms with Crippen molar-refractivity contribution in [3.8, 4) is 0 Å². The van der Waals surface area contributed by atoms with Crippen molar-refractivity contribution in [2.45, 2.75) is 25.9 Å². The summed E-state index contributed by atoms with van der Waals surface area (Å²) >= 11 is 0. The Labute approximate surface area is 106 Å². The van der Waals surface area contributed by atoms with Crippen molar-refractivity contribution in [3.05, 3.63) is 47.5 Å². The van der Waals surface area contributed by atoms with E-state index in [4.69, 9.17) is 5.11 Å². The molecule has 0 saturated carbocycles. The van der Waals surface area contributed by atoms with Crippen LogP contribution in [0.5, 0.6) is 0 Å². The summed E-state index contributed by atoms with van der Waals surface area (Å²) in [7, 11) is 0. The zero-order chi connectivity index (χ0) is 13.1. The molecule has 0 bridgehead atoms. The molecule has 0 aliphatic rings. The van der Waals surface area contributed by atoms with E-state index in [1.165, 1.54) is 0 Å². The summed E-state index contributed by atoms with van der Waals surface area (Å²) in [6.45, 7) is 1.94. The van der Waals surface area contributed by atoms with E-state index in [2.05, 4.69) is 0 Å². The van der Waals surface area contributed by atoms with Gasteiger partial charge in [0.1, 0.15) is 0 Å². The van der Waals surface area contributed by atoms with Gasteiger partial charge >= 0.3 is 5.97 Å². The van der Waals surface area contributed by atoms with Gasteiger partial charge in [0, 0.05) is 6.42 Å². The number of hydrogen-bond acceptors (Lipinski definition) is 2.